The molecule has 0 atom stereocenters. The quantitative estimate of drug-likeness (QED) is 0.169. The molecule has 0 aliphatic carbocycles. The van der Waals surface area contributed by atoms with Crippen molar-refractivity contribution in [3.8, 4) is 67.5 Å². The number of fused-ring (bicyclic) bond motifs is 1. The molecule has 282 valence electrons. The monoisotopic (exact) mass is 911 g/mol. The first-order valence-corrected chi connectivity index (χ1v) is 19.0. The number of phenolic OH excluding ortho intramolecular Hbond substituents is 1. The van der Waals surface area contributed by atoms with Crippen LogP contribution < -0.4 is 0 Å². The van der Waals surface area contributed by atoms with Crippen LogP contribution in [0.2, 0.25) is 0 Å². The second-order valence-electron chi connectivity index (χ2n) is 16.6. The molecule has 0 spiro atoms. The molecule has 2 heterocycles. The fourth-order valence-electron chi connectivity index (χ4n) is 7.34. The Balaban J connectivity index is 0.00000480. The average molecular weight is 912 g/mol. The number of hydrogen-bond donors (Lipinski definition) is 1. The summed E-state index contributed by atoms with van der Waals surface area (Å²) in [7, 11) is 0. The van der Waals surface area contributed by atoms with Crippen molar-refractivity contribution in [2.45, 2.75) is 59.3 Å². The predicted octanol–water partition coefficient (Wildman–Crippen LogP) is 13.2. The van der Waals surface area contributed by atoms with E-state index in [0.29, 0.717) is 11.4 Å². The Hall–Kier alpha value is -5.57. The van der Waals surface area contributed by atoms with E-state index in [4.69, 9.17) is 9.97 Å². The number of hydrogen-bond acceptors (Lipinski definition) is 3. The van der Waals surface area contributed by atoms with Gasteiger partial charge in [0.2, 0.25) is 0 Å². The summed E-state index contributed by atoms with van der Waals surface area (Å²) < 4.78 is 2.23. The van der Waals surface area contributed by atoms with Gasteiger partial charge in [-0.3, -0.25) is 9.55 Å². The minimum Gasteiger partial charge on any atom is -0.507 e. The van der Waals surface area contributed by atoms with Gasteiger partial charge >= 0.3 is 0 Å². The Kier molecular flexibility index (Phi) is 10.5. The maximum Gasteiger partial charge on any atom is 0.148 e. The van der Waals surface area contributed by atoms with Crippen LogP contribution in [0.15, 0.2) is 146 Å². The maximum absolute atomic E-state index is 11.3. The Morgan fingerprint density at radius 1 is 0.589 bits per heavy atom. The average Bonchev–Trinajstić information content (AvgIpc) is 3.57. The van der Waals surface area contributed by atoms with E-state index in [0.717, 1.165) is 55.8 Å². The number of aromatic hydroxyl groups is 1. The molecule has 0 saturated carbocycles. The number of rotatable bonds is 6. The first-order valence-electron chi connectivity index (χ1n) is 19.0. The molecule has 8 aromatic rings. The zero-order chi connectivity index (χ0) is 38.5. The predicted molar refractivity (Wildman–Crippen MR) is 229 cm³/mol. The summed E-state index contributed by atoms with van der Waals surface area (Å²) in [5.74, 6) is 0.861. The second-order valence-corrected chi connectivity index (χ2v) is 16.6. The standard InChI is InChI=1S/C51H46N3O.Pt/c1-33-20-22-35(23-21-33)37-26-27-52-44(32-37)39-28-38(29-40(30-39)50(2,3)4)41-17-13-18-46-48(41)53-49(42-16-11-12-19-47(42)55)54(46)45-25-24-36(31-43(45)51(5,6)7)34-14-9-8-10-15-34;/h8-27,29-32,55H,1-7H3;/q-1;. The van der Waals surface area contributed by atoms with E-state index in [1.54, 1.807) is 6.07 Å². The number of aryl methyl sites for hydroxylation is 1. The third-order valence-corrected chi connectivity index (χ3v) is 10.4. The molecule has 0 aliphatic heterocycles. The van der Waals surface area contributed by atoms with Crippen LogP contribution in [0.3, 0.4) is 0 Å². The van der Waals surface area contributed by atoms with Crippen molar-refractivity contribution in [1.82, 2.24) is 14.5 Å². The molecule has 8 rings (SSSR count). The van der Waals surface area contributed by atoms with E-state index >= 15 is 0 Å². The van der Waals surface area contributed by atoms with Crippen molar-refractivity contribution in [3.63, 3.8) is 0 Å². The first kappa shape index (κ1) is 38.7. The molecule has 1 N–H and O–H groups in total. The fraction of sp³-hybridized carbons (Fsp3) is 0.176. The van der Waals surface area contributed by atoms with Crippen LogP contribution in [-0.2, 0) is 31.9 Å². The van der Waals surface area contributed by atoms with E-state index < -0.39 is 0 Å². The van der Waals surface area contributed by atoms with Crippen molar-refractivity contribution in [3.05, 3.63) is 168 Å². The van der Waals surface area contributed by atoms with Crippen molar-refractivity contribution < 1.29 is 26.2 Å². The Morgan fingerprint density at radius 3 is 1.95 bits per heavy atom. The summed E-state index contributed by atoms with van der Waals surface area (Å²) >= 11 is 0. The molecule has 5 heteroatoms. The van der Waals surface area contributed by atoms with Crippen LogP contribution >= 0.6 is 0 Å². The van der Waals surface area contributed by atoms with Crippen LogP contribution in [0.4, 0.5) is 0 Å². The third-order valence-electron chi connectivity index (χ3n) is 10.4. The Morgan fingerprint density at radius 2 is 1.23 bits per heavy atom. The van der Waals surface area contributed by atoms with Gasteiger partial charge in [-0.15, -0.1) is 29.3 Å². The molecule has 0 unspecified atom stereocenters. The van der Waals surface area contributed by atoms with Gasteiger partial charge in [-0.25, -0.2) is 4.98 Å². The number of imidazole rings is 1. The second kappa shape index (κ2) is 15.2. The van der Waals surface area contributed by atoms with E-state index in [1.807, 2.05) is 30.5 Å². The van der Waals surface area contributed by atoms with Crippen LogP contribution in [0.25, 0.3) is 72.7 Å². The smallest absolute Gasteiger partial charge is 0.148 e. The number of benzene rings is 6. The number of para-hydroxylation sites is 2. The van der Waals surface area contributed by atoms with Crippen LogP contribution in [0.1, 0.15) is 58.2 Å². The molecular formula is C51H46N3OPt-. The van der Waals surface area contributed by atoms with Crippen molar-refractivity contribution in [1.29, 1.82) is 0 Å². The van der Waals surface area contributed by atoms with Gasteiger partial charge in [-0.2, -0.15) is 0 Å². The first-order chi connectivity index (χ1) is 26.3. The summed E-state index contributed by atoms with van der Waals surface area (Å²) in [4.78, 5) is 10.3. The minimum atomic E-state index is -0.200. The largest absolute Gasteiger partial charge is 0.507 e. The summed E-state index contributed by atoms with van der Waals surface area (Å²) in [6.07, 6.45) is 1.89. The van der Waals surface area contributed by atoms with E-state index in [2.05, 4.69) is 168 Å². The maximum atomic E-state index is 11.3. The van der Waals surface area contributed by atoms with Crippen molar-refractivity contribution >= 4 is 11.0 Å². The van der Waals surface area contributed by atoms with Crippen LogP contribution in [-0.4, -0.2) is 19.6 Å². The summed E-state index contributed by atoms with van der Waals surface area (Å²) in [6, 6.07) is 52.1. The van der Waals surface area contributed by atoms with Gasteiger partial charge in [0, 0.05) is 33.0 Å². The Labute approximate surface area is 345 Å². The topological polar surface area (TPSA) is 50.9 Å². The zero-order valence-electron chi connectivity index (χ0n) is 33.0. The molecule has 4 nitrogen and oxygen atoms in total. The van der Waals surface area contributed by atoms with Crippen LogP contribution in [0, 0.1) is 13.0 Å². The SMILES string of the molecule is Cc1ccc(-c2ccnc(-c3[c-]c(-c4cccc5c4nc(-c4ccccc4O)n5-c4ccc(-c5ccccc5)cc4C(C)(C)C)cc(C(C)(C)C)c3)c2)cc1.[Pt]. The molecule has 0 amide bonds. The summed E-state index contributed by atoms with van der Waals surface area (Å²) in [5.41, 5.74) is 15.0. The molecule has 0 saturated heterocycles. The van der Waals surface area contributed by atoms with E-state index in [1.165, 1.54) is 22.3 Å². The van der Waals surface area contributed by atoms with Gasteiger partial charge < -0.3 is 5.11 Å². The van der Waals surface area contributed by atoms with Gasteiger partial charge in [-0.1, -0.05) is 149 Å². The molecular weight excluding hydrogens is 866 g/mol. The summed E-state index contributed by atoms with van der Waals surface area (Å²) in [5, 5.41) is 11.3. The van der Waals surface area contributed by atoms with E-state index in [9.17, 15) is 5.11 Å². The Bertz CT molecular complexity index is 2680. The molecule has 0 bridgehead atoms. The van der Waals surface area contributed by atoms with Gasteiger partial charge in [0.1, 0.15) is 11.6 Å². The van der Waals surface area contributed by atoms with Gasteiger partial charge in [0.05, 0.1) is 22.3 Å². The summed E-state index contributed by atoms with van der Waals surface area (Å²) in [6.45, 7) is 15.6. The molecule has 0 aliphatic rings. The zero-order valence-corrected chi connectivity index (χ0v) is 35.2. The normalized spacial score (nSPS) is 11.8. The van der Waals surface area contributed by atoms with Gasteiger partial charge in [0.25, 0.3) is 0 Å². The molecule has 6 aromatic carbocycles. The fourth-order valence-corrected chi connectivity index (χ4v) is 7.34. The number of nitrogens with zero attached hydrogens (tertiary/aromatic N) is 3. The number of pyridine rings is 1. The third kappa shape index (κ3) is 7.51. The number of phenols is 1. The van der Waals surface area contributed by atoms with Crippen LogP contribution in [0.5, 0.6) is 5.75 Å². The minimum absolute atomic E-state index is 0. The molecule has 2 aromatic heterocycles. The van der Waals surface area contributed by atoms with Crippen molar-refractivity contribution in [2.24, 2.45) is 0 Å². The van der Waals surface area contributed by atoms with Crippen molar-refractivity contribution in [2.75, 3.05) is 0 Å². The van der Waals surface area contributed by atoms with Gasteiger partial charge in [-0.05, 0) is 82.0 Å². The number of aromatic nitrogens is 3. The molecule has 56 heavy (non-hydrogen) atoms. The molecule has 0 radical (unpaired) electrons. The van der Waals surface area contributed by atoms with Gasteiger partial charge in [0.15, 0.2) is 0 Å². The molecule has 0 fully saturated rings. The van der Waals surface area contributed by atoms with E-state index in [-0.39, 0.29) is 37.6 Å².